The molecule has 0 radical (unpaired) electrons. The summed E-state index contributed by atoms with van der Waals surface area (Å²) in [6, 6.07) is 7.72. The predicted octanol–water partition coefficient (Wildman–Crippen LogP) is 2.96. The Bertz CT molecular complexity index is 316. The van der Waals surface area contributed by atoms with Crippen molar-refractivity contribution in [3.05, 3.63) is 41.0 Å². The number of benzene rings is 1. The van der Waals surface area contributed by atoms with Gasteiger partial charge in [0.25, 0.3) is 0 Å². The van der Waals surface area contributed by atoms with Gasteiger partial charge in [0.05, 0.1) is 0 Å². The average molecular weight is 240 g/mol. The maximum Gasteiger partial charge on any atom is 0.154 e. The Kier molecular flexibility index (Phi) is 3.71. The Morgan fingerprint density at radius 3 is 2.54 bits per heavy atom. The molecule has 0 aliphatic rings. The van der Waals surface area contributed by atoms with Crippen LogP contribution in [0.4, 0.5) is 5.69 Å². The number of anilines is 1. The Morgan fingerprint density at radius 1 is 1.38 bits per heavy atom. The maximum atomic E-state index is 10.6. The molecule has 0 spiro atoms. The molecule has 1 rings (SSSR count). The molecule has 1 N–H and O–H groups in total. The minimum atomic E-state index is 0.0320. The van der Waals surface area contributed by atoms with Crippen molar-refractivity contribution in [2.24, 2.45) is 0 Å². The zero-order valence-corrected chi connectivity index (χ0v) is 8.84. The molecular weight excluding hydrogens is 230 g/mol. The molecular formula is C10H10BrNO. The van der Waals surface area contributed by atoms with Crippen LogP contribution in [-0.2, 0) is 4.79 Å². The van der Waals surface area contributed by atoms with Crippen LogP contribution in [0.5, 0.6) is 0 Å². The number of allylic oxidation sites excluding steroid dienone is 1. The molecule has 0 aliphatic carbocycles. The van der Waals surface area contributed by atoms with Gasteiger partial charge in [-0.2, -0.15) is 0 Å². The van der Waals surface area contributed by atoms with Gasteiger partial charge in [0.2, 0.25) is 0 Å². The van der Waals surface area contributed by atoms with Gasteiger partial charge in [0, 0.05) is 16.4 Å². The molecule has 0 bridgehead atoms. The first-order chi connectivity index (χ1) is 6.18. The summed E-state index contributed by atoms with van der Waals surface area (Å²) in [5, 5.41) is 2.98. The van der Waals surface area contributed by atoms with Crippen LogP contribution in [0.1, 0.15) is 6.92 Å². The van der Waals surface area contributed by atoms with Gasteiger partial charge < -0.3 is 5.32 Å². The van der Waals surface area contributed by atoms with Gasteiger partial charge in [-0.3, -0.25) is 4.79 Å². The van der Waals surface area contributed by atoms with Crippen molar-refractivity contribution in [3.8, 4) is 0 Å². The van der Waals surface area contributed by atoms with Gasteiger partial charge in [0.1, 0.15) is 0 Å². The molecule has 13 heavy (non-hydrogen) atoms. The van der Waals surface area contributed by atoms with Gasteiger partial charge in [-0.05, 0) is 37.3 Å². The molecule has 0 amide bonds. The predicted molar refractivity (Wildman–Crippen MR) is 57.6 cm³/mol. The van der Waals surface area contributed by atoms with Crippen LogP contribution in [0.15, 0.2) is 41.0 Å². The van der Waals surface area contributed by atoms with Crippen molar-refractivity contribution >= 4 is 27.4 Å². The van der Waals surface area contributed by atoms with Crippen LogP contribution in [-0.4, -0.2) is 5.78 Å². The van der Waals surface area contributed by atoms with Crippen LogP contribution in [0.25, 0.3) is 0 Å². The quantitative estimate of drug-likeness (QED) is 0.823. The van der Waals surface area contributed by atoms with Crippen LogP contribution in [0, 0.1) is 0 Å². The highest BCUT2D eigenvalue weighted by molar-refractivity contribution is 9.10. The van der Waals surface area contributed by atoms with Gasteiger partial charge >= 0.3 is 0 Å². The van der Waals surface area contributed by atoms with Gasteiger partial charge in [-0.25, -0.2) is 0 Å². The molecule has 0 unspecified atom stereocenters. The highest BCUT2D eigenvalue weighted by Crippen LogP contribution is 2.13. The smallest absolute Gasteiger partial charge is 0.154 e. The van der Waals surface area contributed by atoms with E-state index in [0.717, 1.165) is 10.2 Å². The summed E-state index contributed by atoms with van der Waals surface area (Å²) < 4.78 is 1.04. The Hall–Kier alpha value is -1.09. The topological polar surface area (TPSA) is 29.1 Å². The van der Waals surface area contributed by atoms with Crippen molar-refractivity contribution < 1.29 is 4.79 Å². The second kappa shape index (κ2) is 4.82. The fourth-order valence-electron chi connectivity index (χ4n) is 0.801. The van der Waals surface area contributed by atoms with Crippen LogP contribution in [0.3, 0.4) is 0 Å². The van der Waals surface area contributed by atoms with E-state index in [4.69, 9.17) is 0 Å². The second-order valence-electron chi connectivity index (χ2n) is 2.60. The normalized spacial score (nSPS) is 10.3. The molecule has 1 aromatic rings. The van der Waals surface area contributed by atoms with E-state index in [2.05, 4.69) is 21.2 Å². The zero-order chi connectivity index (χ0) is 9.68. The number of hydrogen-bond acceptors (Lipinski definition) is 2. The second-order valence-corrected chi connectivity index (χ2v) is 3.51. The highest BCUT2D eigenvalue weighted by Gasteiger charge is 1.88. The van der Waals surface area contributed by atoms with Crippen molar-refractivity contribution in [2.45, 2.75) is 6.92 Å². The van der Waals surface area contributed by atoms with Crippen molar-refractivity contribution in [1.29, 1.82) is 0 Å². The molecule has 0 aromatic heterocycles. The number of nitrogens with one attached hydrogen (secondary N) is 1. The Balaban J connectivity index is 2.55. The SMILES string of the molecule is CC(=O)C=CNc1ccc(Br)cc1. The number of carbonyl (C=O) groups excluding carboxylic acids is 1. The number of carbonyl (C=O) groups is 1. The molecule has 0 saturated carbocycles. The van der Waals surface area contributed by atoms with Crippen molar-refractivity contribution in [3.63, 3.8) is 0 Å². The summed E-state index contributed by atoms with van der Waals surface area (Å²) >= 11 is 3.34. The number of rotatable bonds is 3. The van der Waals surface area contributed by atoms with E-state index >= 15 is 0 Å². The van der Waals surface area contributed by atoms with Gasteiger partial charge in [-0.15, -0.1) is 0 Å². The van der Waals surface area contributed by atoms with E-state index in [1.807, 2.05) is 24.3 Å². The van der Waals surface area contributed by atoms with E-state index in [0.29, 0.717) is 0 Å². The number of halogens is 1. The lowest BCUT2D eigenvalue weighted by atomic mass is 10.3. The molecule has 0 aliphatic heterocycles. The third kappa shape index (κ3) is 3.90. The minimum Gasteiger partial charge on any atom is -0.362 e. The van der Waals surface area contributed by atoms with E-state index in [1.54, 1.807) is 6.20 Å². The lowest BCUT2D eigenvalue weighted by Crippen LogP contribution is -1.89. The Labute approximate surface area is 85.8 Å². The first-order valence-corrected chi connectivity index (χ1v) is 4.67. The summed E-state index contributed by atoms with van der Waals surface area (Å²) in [4.78, 5) is 10.6. The van der Waals surface area contributed by atoms with Gasteiger partial charge in [-0.1, -0.05) is 15.9 Å². The van der Waals surface area contributed by atoms with Crippen molar-refractivity contribution in [2.75, 3.05) is 5.32 Å². The summed E-state index contributed by atoms with van der Waals surface area (Å²) in [5.41, 5.74) is 0.959. The molecule has 0 heterocycles. The standard InChI is InChI=1S/C10H10BrNO/c1-8(13)6-7-12-10-4-2-9(11)3-5-10/h2-7,12H,1H3. The molecule has 2 nitrogen and oxygen atoms in total. The van der Waals surface area contributed by atoms with Gasteiger partial charge in [0.15, 0.2) is 5.78 Å². The average Bonchev–Trinajstić information content (AvgIpc) is 2.08. The highest BCUT2D eigenvalue weighted by atomic mass is 79.9. The summed E-state index contributed by atoms with van der Waals surface area (Å²) in [6.07, 6.45) is 3.12. The summed E-state index contributed by atoms with van der Waals surface area (Å²) in [6.45, 7) is 1.51. The lowest BCUT2D eigenvalue weighted by Gasteiger charge is -1.98. The third-order valence-corrected chi connectivity index (χ3v) is 1.94. The zero-order valence-electron chi connectivity index (χ0n) is 7.25. The summed E-state index contributed by atoms with van der Waals surface area (Å²) in [7, 11) is 0. The van der Waals surface area contributed by atoms with E-state index in [1.165, 1.54) is 13.0 Å². The van der Waals surface area contributed by atoms with E-state index < -0.39 is 0 Å². The largest absolute Gasteiger partial charge is 0.362 e. The van der Waals surface area contributed by atoms with E-state index in [-0.39, 0.29) is 5.78 Å². The lowest BCUT2D eigenvalue weighted by molar-refractivity contribution is -0.112. The number of ketones is 1. The van der Waals surface area contributed by atoms with Crippen LogP contribution < -0.4 is 5.32 Å². The minimum absolute atomic E-state index is 0.0320. The molecule has 1 aromatic carbocycles. The molecule has 0 atom stereocenters. The van der Waals surface area contributed by atoms with Crippen LogP contribution in [0.2, 0.25) is 0 Å². The monoisotopic (exact) mass is 239 g/mol. The molecule has 3 heteroatoms. The third-order valence-electron chi connectivity index (χ3n) is 1.41. The first kappa shape index (κ1) is 9.99. The fraction of sp³-hybridized carbons (Fsp3) is 0.100. The number of hydrogen-bond donors (Lipinski definition) is 1. The van der Waals surface area contributed by atoms with Crippen molar-refractivity contribution in [1.82, 2.24) is 0 Å². The Morgan fingerprint density at radius 2 is 2.00 bits per heavy atom. The first-order valence-electron chi connectivity index (χ1n) is 3.88. The van der Waals surface area contributed by atoms with E-state index in [9.17, 15) is 4.79 Å². The maximum absolute atomic E-state index is 10.6. The molecule has 68 valence electrons. The molecule has 0 fully saturated rings. The molecule has 0 saturated heterocycles. The van der Waals surface area contributed by atoms with Crippen LogP contribution >= 0.6 is 15.9 Å². The summed E-state index contributed by atoms with van der Waals surface area (Å²) in [5.74, 6) is 0.0320. The fourth-order valence-corrected chi connectivity index (χ4v) is 1.07.